The molecule has 2 heterocycles. The fourth-order valence-corrected chi connectivity index (χ4v) is 6.25. The first kappa shape index (κ1) is 22.0. The highest BCUT2D eigenvalue weighted by molar-refractivity contribution is 5.92. The van der Waals surface area contributed by atoms with Gasteiger partial charge in [-0.05, 0) is 66.9 Å². The predicted molar refractivity (Wildman–Crippen MR) is 118 cm³/mol. The summed E-state index contributed by atoms with van der Waals surface area (Å²) < 4.78 is 5.12. The molecule has 2 fully saturated rings. The van der Waals surface area contributed by atoms with Gasteiger partial charge in [0.25, 0.3) is 0 Å². The minimum absolute atomic E-state index is 0.0148. The summed E-state index contributed by atoms with van der Waals surface area (Å²) in [6.07, 6.45) is 7.67. The molecule has 1 aromatic heterocycles. The summed E-state index contributed by atoms with van der Waals surface area (Å²) >= 11 is 0. The van der Waals surface area contributed by atoms with Crippen LogP contribution >= 0.6 is 0 Å². The summed E-state index contributed by atoms with van der Waals surface area (Å²) in [7, 11) is 0. The number of cyclic esters (lactones) is 1. The number of hydrogen-bond acceptors (Lipinski definition) is 6. The Hall–Kier alpha value is -2.18. The van der Waals surface area contributed by atoms with Crippen LogP contribution in [0.3, 0.4) is 0 Å². The molecule has 6 atom stereocenters. The summed E-state index contributed by atoms with van der Waals surface area (Å²) in [5, 5.41) is 24.4. The van der Waals surface area contributed by atoms with Crippen LogP contribution in [0, 0.1) is 23.2 Å². The highest BCUT2D eigenvalue weighted by atomic mass is 16.5. The number of allylic oxidation sites excluding steroid dienone is 1. The maximum atomic E-state index is 12.5. The Bertz CT molecular complexity index is 868. The first-order chi connectivity index (χ1) is 14.8. The maximum Gasteiger partial charge on any atom is 0.339 e. The standard InChI is InChI=1S/C25H34N2O4/c1-15-6-7-18-16(2)21(28)8-9-25(18,3)19(15)11-20(23-22(29)14-31-24(23)30)27-13-17-5-4-10-26-12-17/h4-5,10,12,16,18-21,27-29H,1,6-9,11,13-14H2,2-3H3/t16-,18?,19-,20?,21?,25+/m1/s1. The van der Waals surface area contributed by atoms with E-state index in [1.807, 2.05) is 12.1 Å². The highest BCUT2D eigenvalue weighted by Gasteiger charge is 2.52. The average molecular weight is 427 g/mol. The van der Waals surface area contributed by atoms with Crippen LogP contribution in [0.2, 0.25) is 0 Å². The van der Waals surface area contributed by atoms with Crippen molar-refractivity contribution >= 4 is 5.97 Å². The Kier molecular flexibility index (Phi) is 6.22. The molecule has 168 valence electrons. The van der Waals surface area contributed by atoms with Crippen LogP contribution < -0.4 is 5.32 Å². The molecule has 1 aliphatic heterocycles. The molecule has 2 saturated carbocycles. The molecule has 0 spiro atoms. The van der Waals surface area contributed by atoms with Crippen molar-refractivity contribution in [1.82, 2.24) is 10.3 Å². The van der Waals surface area contributed by atoms with Gasteiger partial charge in [0.05, 0.1) is 11.7 Å². The number of nitrogens with one attached hydrogen (secondary N) is 1. The van der Waals surface area contributed by atoms with Gasteiger partial charge in [0.2, 0.25) is 0 Å². The molecule has 0 saturated heterocycles. The second-order valence-corrected chi connectivity index (χ2v) is 9.79. The van der Waals surface area contributed by atoms with Crippen LogP contribution in [0.5, 0.6) is 0 Å². The lowest BCUT2D eigenvalue weighted by molar-refractivity contribution is -0.136. The fourth-order valence-electron chi connectivity index (χ4n) is 6.25. The lowest BCUT2D eigenvalue weighted by Gasteiger charge is -2.55. The summed E-state index contributed by atoms with van der Waals surface area (Å²) in [6, 6.07) is 3.53. The molecule has 0 aromatic carbocycles. The number of aliphatic hydroxyl groups is 2. The van der Waals surface area contributed by atoms with Crippen LogP contribution in [0.1, 0.15) is 51.5 Å². The first-order valence-electron chi connectivity index (χ1n) is 11.4. The lowest BCUT2D eigenvalue weighted by atomic mass is 9.50. The van der Waals surface area contributed by atoms with Gasteiger partial charge in [-0.15, -0.1) is 0 Å². The van der Waals surface area contributed by atoms with E-state index in [-0.39, 0.29) is 41.8 Å². The van der Waals surface area contributed by atoms with Crippen molar-refractivity contribution in [2.45, 2.75) is 64.6 Å². The van der Waals surface area contributed by atoms with E-state index < -0.39 is 5.97 Å². The zero-order valence-corrected chi connectivity index (χ0v) is 18.5. The van der Waals surface area contributed by atoms with E-state index in [0.717, 1.165) is 31.2 Å². The lowest BCUT2D eigenvalue weighted by Crippen LogP contribution is -2.51. The molecule has 1 aromatic rings. The number of fused-ring (bicyclic) bond motifs is 1. The average Bonchev–Trinajstić information content (AvgIpc) is 3.09. The molecule has 6 nitrogen and oxygen atoms in total. The monoisotopic (exact) mass is 426 g/mol. The van der Waals surface area contributed by atoms with Crippen LogP contribution in [0.15, 0.2) is 48.0 Å². The zero-order chi connectivity index (χ0) is 22.2. The van der Waals surface area contributed by atoms with Crippen molar-refractivity contribution in [1.29, 1.82) is 0 Å². The van der Waals surface area contributed by atoms with E-state index in [1.165, 1.54) is 5.57 Å². The summed E-state index contributed by atoms with van der Waals surface area (Å²) in [4.78, 5) is 16.6. The highest BCUT2D eigenvalue weighted by Crippen LogP contribution is 2.58. The molecular weight excluding hydrogens is 392 g/mol. The van der Waals surface area contributed by atoms with Crippen LogP contribution in [0.4, 0.5) is 0 Å². The molecule has 3 N–H and O–H groups in total. The Morgan fingerprint density at radius 2 is 2.23 bits per heavy atom. The molecule has 31 heavy (non-hydrogen) atoms. The molecule has 3 unspecified atom stereocenters. The van der Waals surface area contributed by atoms with Gasteiger partial charge in [0.15, 0.2) is 0 Å². The van der Waals surface area contributed by atoms with Crippen molar-refractivity contribution in [2.24, 2.45) is 23.2 Å². The fraction of sp³-hybridized carbons (Fsp3) is 0.600. The van der Waals surface area contributed by atoms with Gasteiger partial charge in [-0.3, -0.25) is 4.98 Å². The topological polar surface area (TPSA) is 91.7 Å². The van der Waals surface area contributed by atoms with E-state index in [2.05, 4.69) is 30.7 Å². The third-order valence-corrected chi connectivity index (χ3v) is 8.10. The summed E-state index contributed by atoms with van der Waals surface area (Å²) in [5.74, 6) is 0.436. The zero-order valence-electron chi connectivity index (χ0n) is 18.5. The normalized spacial score (nSPS) is 34.4. The van der Waals surface area contributed by atoms with Gasteiger partial charge in [-0.2, -0.15) is 0 Å². The summed E-state index contributed by atoms with van der Waals surface area (Å²) in [5.41, 5.74) is 2.58. The van der Waals surface area contributed by atoms with Crippen molar-refractivity contribution in [3.63, 3.8) is 0 Å². The SMILES string of the molecule is C=C1CCC2[C@@H](C)C(O)CC[C@]2(C)[C@@H]1CC(NCc1cccnc1)C1=C(O)COC1=O. The molecule has 4 rings (SSSR count). The maximum absolute atomic E-state index is 12.5. The first-order valence-corrected chi connectivity index (χ1v) is 11.4. The molecule has 0 radical (unpaired) electrons. The minimum atomic E-state index is -0.447. The number of aliphatic hydroxyl groups excluding tert-OH is 2. The number of ether oxygens (including phenoxy) is 1. The van der Waals surface area contributed by atoms with Crippen molar-refractivity contribution in [3.8, 4) is 0 Å². The Morgan fingerprint density at radius 3 is 2.90 bits per heavy atom. The number of pyridine rings is 1. The van der Waals surface area contributed by atoms with E-state index in [4.69, 9.17) is 4.74 Å². The van der Waals surface area contributed by atoms with E-state index >= 15 is 0 Å². The second kappa shape index (κ2) is 8.75. The van der Waals surface area contributed by atoms with Gasteiger partial charge < -0.3 is 20.3 Å². The summed E-state index contributed by atoms with van der Waals surface area (Å²) in [6.45, 7) is 9.39. The van der Waals surface area contributed by atoms with Gasteiger partial charge in [0.1, 0.15) is 12.4 Å². The van der Waals surface area contributed by atoms with Crippen molar-refractivity contribution in [2.75, 3.05) is 6.61 Å². The number of rotatable bonds is 6. The Morgan fingerprint density at radius 1 is 1.42 bits per heavy atom. The minimum Gasteiger partial charge on any atom is -0.508 e. The van der Waals surface area contributed by atoms with Gasteiger partial charge in [-0.1, -0.05) is 32.1 Å². The third kappa shape index (κ3) is 4.15. The van der Waals surface area contributed by atoms with Gasteiger partial charge in [0, 0.05) is 25.0 Å². The number of aromatic nitrogens is 1. The number of nitrogens with zero attached hydrogens (tertiary/aromatic N) is 1. The smallest absolute Gasteiger partial charge is 0.339 e. The third-order valence-electron chi connectivity index (χ3n) is 8.10. The Balaban J connectivity index is 1.61. The van der Waals surface area contributed by atoms with Gasteiger partial charge >= 0.3 is 5.97 Å². The quantitative estimate of drug-likeness (QED) is 0.475. The number of hydrogen-bond donors (Lipinski definition) is 3. The van der Waals surface area contributed by atoms with Crippen LogP contribution in [0.25, 0.3) is 0 Å². The Labute approximate surface area is 184 Å². The van der Waals surface area contributed by atoms with E-state index in [9.17, 15) is 15.0 Å². The second-order valence-electron chi connectivity index (χ2n) is 9.79. The van der Waals surface area contributed by atoms with Gasteiger partial charge in [-0.25, -0.2) is 4.79 Å². The predicted octanol–water partition coefficient (Wildman–Crippen LogP) is 3.68. The van der Waals surface area contributed by atoms with E-state index in [1.54, 1.807) is 12.4 Å². The molecule has 0 amide bonds. The number of carbonyl (C=O) groups excluding carboxylic acids is 1. The number of esters is 1. The van der Waals surface area contributed by atoms with Crippen LogP contribution in [-0.2, 0) is 16.1 Å². The van der Waals surface area contributed by atoms with E-state index in [0.29, 0.717) is 24.5 Å². The molecule has 0 bridgehead atoms. The molecular formula is C25H34N2O4. The van der Waals surface area contributed by atoms with Crippen molar-refractivity contribution < 1.29 is 19.7 Å². The number of carbonyl (C=O) groups is 1. The molecule has 6 heteroatoms. The van der Waals surface area contributed by atoms with Crippen molar-refractivity contribution in [3.05, 3.63) is 53.6 Å². The van der Waals surface area contributed by atoms with Crippen LogP contribution in [-0.4, -0.2) is 39.9 Å². The molecule has 2 aliphatic carbocycles. The molecule has 3 aliphatic rings. The largest absolute Gasteiger partial charge is 0.508 e.